The fourth-order valence-corrected chi connectivity index (χ4v) is 5.11. The van der Waals surface area contributed by atoms with Crippen molar-refractivity contribution >= 4 is 11.0 Å². The fraction of sp³-hybridized carbons (Fsp3) is 0.483. The summed E-state index contributed by atoms with van der Waals surface area (Å²) in [5.41, 5.74) is -1.29. The molecule has 0 bridgehead atoms. The van der Waals surface area contributed by atoms with Gasteiger partial charge in [0.15, 0.2) is 23.5 Å². The maximum Gasteiger partial charge on any atom is 0.239 e. The number of phenolic OH excluding ortho intramolecular Hbond substituents is 3. The molecule has 0 radical (unpaired) electrons. The summed E-state index contributed by atoms with van der Waals surface area (Å²) < 4.78 is 33.3. The van der Waals surface area contributed by atoms with Crippen LogP contribution < -0.4 is 14.9 Å². The van der Waals surface area contributed by atoms with Crippen molar-refractivity contribution in [2.75, 3.05) is 19.8 Å². The van der Waals surface area contributed by atoms with Gasteiger partial charge in [0.2, 0.25) is 17.5 Å². The zero-order chi connectivity index (χ0) is 33.4. The zero-order valence-electron chi connectivity index (χ0n) is 24.1. The highest BCUT2D eigenvalue weighted by atomic mass is 16.7. The molecule has 2 aliphatic heterocycles. The topological polar surface area (TPSA) is 279 Å². The molecule has 0 amide bonds. The van der Waals surface area contributed by atoms with Crippen LogP contribution in [0.25, 0.3) is 22.3 Å². The minimum atomic E-state index is -1.97. The number of ether oxygens (including phenoxy) is 5. The maximum absolute atomic E-state index is 13.7. The molecule has 252 valence electrons. The van der Waals surface area contributed by atoms with Crippen LogP contribution in [0, 0.1) is 0 Å². The summed E-state index contributed by atoms with van der Waals surface area (Å²) in [4.78, 5) is 13.7. The van der Waals surface area contributed by atoms with Crippen LogP contribution in [0.5, 0.6) is 28.7 Å². The predicted octanol–water partition coefficient (Wildman–Crippen LogP) is -2.02. The molecule has 1 aromatic heterocycles. The van der Waals surface area contributed by atoms with E-state index in [4.69, 9.17) is 33.2 Å². The Balaban J connectivity index is 1.48. The van der Waals surface area contributed by atoms with Gasteiger partial charge in [-0.3, -0.25) is 4.79 Å². The number of hydrogen-bond acceptors (Lipinski definition) is 17. The van der Waals surface area contributed by atoms with Crippen LogP contribution in [0.2, 0.25) is 0 Å². The number of fused-ring (bicyclic) bond motifs is 1. The Morgan fingerprint density at radius 1 is 0.804 bits per heavy atom. The van der Waals surface area contributed by atoms with Gasteiger partial charge in [-0.05, 0) is 25.1 Å². The van der Waals surface area contributed by atoms with Crippen molar-refractivity contribution in [2.45, 2.75) is 68.3 Å². The van der Waals surface area contributed by atoms with E-state index >= 15 is 0 Å². The fourth-order valence-electron chi connectivity index (χ4n) is 5.11. The number of aliphatic hydroxyl groups excluding tert-OH is 7. The Kier molecular flexibility index (Phi) is 9.89. The normalized spacial score (nSPS) is 31.6. The Hall–Kier alpha value is -3.75. The van der Waals surface area contributed by atoms with Crippen molar-refractivity contribution < 1.29 is 79.2 Å². The monoisotopic (exact) mass is 654 g/mol. The van der Waals surface area contributed by atoms with E-state index in [1.54, 1.807) is 0 Å². The summed E-state index contributed by atoms with van der Waals surface area (Å²) in [5.74, 6) is -2.64. The van der Waals surface area contributed by atoms with E-state index in [1.807, 2.05) is 0 Å². The van der Waals surface area contributed by atoms with E-state index in [0.717, 1.165) is 18.2 Å². The molecule has 0 spiro atoms. The van der Waals surface area contributed by atoms with E-state index in [1.165, 1.54) is 19.1 Å². The van der Waals surface area contributed by atoms with Crippen LogP contribution in [0.15, 0.2) is 39.5 Å². The van der Waals surface area contributed by atoms with Crippen molar-refractivity contribution in [1.82, 2.24) is 0 Å². The van der Waals surface area contributed by atoms with Gasteiger partial charge >= 0.3 is 0 Å². The molecule has 17 heteroatoms. The van der Waals surface area contributed by atoms with Crippen LogP contribution >= 0.6 is 0 Å². The smallest absolute Gasteiger partial charge is 0.239 e. The molecule has 2 aromatic carbocycles. The molecule has 3 heterocycles. The van der Waals surface area contributed by atoms with E-state index in [9.17, 15) is 50.8 Å². The van der Waals surface area contributed by atoms with E-state index < -0.39 is 102 Å². The minimum Gasteiger partial charge on any atom is -0.508 e. The highest BCUT2D eigenvalue weighted by molar-refractivity contribution is 5.88. The first kappa shape index (κ1) is 33.6. The Morgan fingerprint density at radius 3 is 2.20 bits per heavy atom. The van der Waals surface area contributed by atoms with Gasteiger partial charge in [0, 0.05) is 17.7 Å². The highest BCUT2D eigenvalue weighted by Crippen LogP contribution is 2.40. The zero-order valence-corrected chi connectivity index (χ0v) is 24.1. The summed E-state index contributed by atoms with van der Waals surface area (Å²) >= 11 is 0. The molecule has 3 aromatic rings. The summed E-state index contributed by atoms with van der Waals surface area (Å²) in [7, 11) is 0. The molecule has 5 rings (SSSR count). The number of phenols is 3. The van der Waals surface area contributed by atoms with Crippen LogP contribution in [-0.4, -0.2) is 132 Å². The summed E-state index contributed by atoms with van der Waals surface area (Å²) in [6.07, 6.45) is -16.2. The SMILES string of the molecule is CC1OC(OCC2OC(Oc3c(-c4ccc(OCCO)c(O)c4)oc4cc(O)cc(O)c4c3=O)C(O)C(O)C2O)C(O)C(O)C1O. The van der Waals surface area contributed by atoms with Gasteiger partial charge in [0.05, 0.1) is 19.3 Å². The average molecular weight is 655 g/mol. The molecule has 0 aliphatic carbocycles. The van der Waals surface area contributed by atoms with Crippen LogP contribution in [0.3, 0.4) is 0 Å². The summed E-state index contributed by atoms with van der Waals surface area (Å²) in [6.45, 7) is 0.354. The van der Waals surface area contributed by atoms with Gasteiger partial charge in [0.1, 0.15) is 71.8 Å². The second-order valence-corrected chi connectivity index (χ2v) is 10.8. The molecule has 2 saturated heterocycles. The van der Waals surface area contributed by atoms with Gasteiger partial charge in [-0.2, -0.15) is 0 Å². The highest BCUT2D eigenvalue weighted by Gasteiger charge is 2.47. The predicted molar refractivity (Wildman–Crippen MR) is 151 cm³/mol. The number of hydrogen-bond donors (Lipinski definition) is 10. The van der Waals surface area contributed by atoms with Crippen LogP contribution in [0.1, 0.15) is 6.92 Å². The number of rotatable bonds is 9. The average Bonchev–Trinajstić information content (AvgIpc) is 3.01. The molecule has 2 aliphatic rings. The van der Waals surface area contributed by atoms with Crippen molar-refractivity contribution in [3.8, 4) is 40.1 Å². The van der Waals surface area contributed by atoms with Gasteiger partial charge in [-0.1, -0.05) is 0 Å². The maximum atomic E-state index is 13.7. The molecule has 46 heavy (non-hydrogen) atoms. The third-order valence-corrected chi connectivity index (χ3v) is 7.62. The van der Waals surface area contributed by atoms with E-state index in [2.05, 4.69) is 0 Å². The molecule has 17 nitrogen and oxygen atoms in total. The Labute approximate surface area is 259 Å². The minimum absolute atomic E-state index is 0.00902. The molecule has 10 N–H and O–H groups in total. The van der Waals surface area contributed by atoms with Crippen molar-refractivity contribution in [2.24, 2.45) is 0 Å². The van der Waals surface area contributed by atoms with Crippen molar-refractivity contribution in [1.29, 1.82) is 0 Å². The van der Waals surface area contributed by atoms with Gasteiger partial charge < -0.3 is 79.2 Å². The lowest BCUT2D eigenvalue weighted by molar-refractivity contribution is -0.318. The first-order valence-corrected chi connectivity index (χ1v) is 14.1. The third kappa shape index (κ3) is 6.42. The van der Waals surface area contributed by atoms with Gasteiger partial charge in [-0.15, -0.1) is 0 Å². The standard InChI is InChI=1S/C29H34O17/c1-10-19(34)22(37)24(39)28(43-10)42-9-17-20(35)23(38)25(40)29(45-17)46-27-21(36)18-14(33)7-12(31)8-16(18)44-26(27)11-2-3-15(13(32)6-11)41-5-4-30/h2-3,6-8,10,17,19-20,22-25,28-35,37-40H,4-5,9H2,1H3. The van der Waals surface area contributed by atoms with E-state index in [-0.39, 0.29) is 35.9 Å². The lowest BCUT2D eigenvalue weighted by Crippen LogP contribution is -2.61. The first-order chi connectivity index (χ1) is 21.8. The van der Waals surface area contributed by atoms with Crippen molar-refractivity contribution in [3.05, 3.63) is 40.6 Å². The molecule has 2 fully saturated rings. The van der Waals surface area contributed by atoms with Crippen LogP contribution in [-0.2, 0) is 14.2 Å². The van der Waals surface area contributed by atoms with Crippen molar-refractivity contribution in [3.63, 3.8) is 0 Å². The number of aliphatic hydroxyl groups is 7. The largest absolute Gasteiger partial charge is 0.508 e. The Morgan fingerprint density at radius 2 is 1.50 bits per heavy atom. The molecular weight excluding hydrogens is 620 g/mol. The lowest BCUT2D eigenvalue weighted by atomic mass is 9.98. The number of benzene rings is 2. The van der Waals surface area contributed by atoms with E-state index in [0.29, 0.717) is 0 Å². The quantitative estimate of drug-likeness (QED) is 0.119. The third-order valence-electron chi connectivity index (χ3n) is 7.62. The summed E-state index contributed by atoms with van der Waals surface area (Å²) in [5, 5.41) is 102. The number of aromatic hydroxyl groups is 3. The molecule has 0 saturated carbocycles. The summed E-state index contributed by atoms with van der Waals surface area (Å²) in [6, 6.07) is 5.69. The molecular formula is C29H34O17. The van der Waals surface area contributed by atoms with Crippen LogP contribution in [0.4, 0.5) is 0 Å². The molecule has 10 unspecified atom stereocenters. The second-order valence-electron chi connectivity index (χ2n) is 10.8. The lowest BCUT2D eigenvalue weighted by Gasteiger charge is -2.42. The second kappa shape index (κ2) is 13.5. The molecule has 10 atom stereocenters. The van der Waals surface area contributed by atoms with Gasteiger partial charge in [0.25, 0.3) is 0 Å². The Bertz CT molecular complexity index is 1590. The van der Waals surface area contributed by atoms with Gasteiger partial charge in [-0.25, -0.2) is 0 Å². The first-order valence-electron chi connectivity index (χ1n) is 14.1.